The molecule has 0 saturated carbocycles. The van der Waals surface area contributed by atoms with Gasteiger partial charge < -0.3 is 9.73 Å². The van der Waals surface area contributed by atoms with Crippen molar-refractivity contribution in [2.45, 2.75) is 26.3 Å². The minimum atomic E-state index is 0.137. The highest BCUT2D eigenvalue weighted by Gasteiger charge is 2.12. The van der Waals surface area contributed by atoms with Crippen molar-refractivity contribution >= 4 is 0 Å². The number of nitrogens with zero attached hydrogens (tertiary/aromatic N) is 1. The van der Waals surface area contributed by atoms with Crippen LogP contribution in [-0.2, 0) is 6.42 Å². The second-order valence-corrected chi connectivity index (χ2v) is 4.08. The normalized spacial score (nSPS) is 12.6. The predicted octanol–water partition coefficient (Wildman–Crippen LogP) is 3.18. The van der Waals surface area contributed by atoms with Crippen LogP contribution in [0.2, 0.25) is 0 Å². The van der Waals surface area contributed by atoms with Crippen molar-refractivity contribution in [1.29, 1.82) is 0 Å². The summed E-state index contributed by atoms with van der Waals surface area (Å²) in [5.74, 6) is 1.58. The van der Waals surface area contributed by atoms with Crippen LogP contribution in [0.3, 0.4) is 0 Å². The zero-order valence-corrected chi connectivity index (χ0v) is 10.5. The average molecular weight is 230 g/mol. The summed E-state index contributed by atoms with van der Waals surface area (Å²) in [5.41, 5.74) is 2.42. The van der Waals surface area contributed by atoms with Crippen molar-refractivity contribution in [1.82, 2.24) is 10.3 Å². The Kier molecular flexibility index (Phi) is 3.59. The van der Waals surface area contributed by atoms with Gasteiger partial charge >= 0.3 is 0 Å². The predicted molar refractivity (Wildman–Crippen MR) is 68.8 cm³/mol. The van der Waals surface area contributed by atoms with E-state index in [1.165, 1.54) is 5.56 Å². The molecule has 0 aliphatic carbocycles. The number of benzene rings is 1. The Bertz CT molecular complexity index is 490. The molecule has 0 aliphatic heterocycles. The van der Waals surface area contributed by atoms with Gasteiger partial charge in [0.2, 0.25) is 5.89 Å². The standard InChI is InChI=1S/C14H18N2O/c1-4-11-7-5-6-8-12(11)13-9-16-14(17-13)10(2)15-3/h5-10,15H,4H2,1-3H3. The Morgan fingerprint density at radius 2 is 2.12 bits per heavy atom. The van der Waals surface area contributed by atoms with Crippen molar-refractivity contribution in [3.8, 4) is 11.3 Å². The maximum atomic E-state index is 5.79. The zero-order chi connectivity index (χ0) is 12.3. The molecule has 3 nitrogen and oxygen atoms in total. The Labute approximate surface area is 102 Å². The Balaban J connectivity index is 2.37. The first-order valence-corrected chi connectivity index (χ1v) is 5.97. The van der Waals surface area contributed by atoms with Crippen LogP contribution in [0.15, 0.2) is 34.9 Å². The highest BCUT2D eigenvalue weighted by molar-refractivity contribution is 5.61. The van der Waals surface area contributed by atoms with Gasteiger partial charge in [0.05, 0.1) is 12.2 Å². The molecule has 0 saturated heterocycles. The molecule has 1 heterocycles. The van der Waals surface area contributed by atoms with Gasteiger partial charge in [0.15, 0.2) is 5.76 Å². The van der Waals surface area contributed by atoms with Crippen LogP contribution in [0.25, 0.3) is 11.3 Å². The molecule has 0 bridgehead atoms. The van der Waals surface area contributed by atoms with Gasteiger partial charge in [-0.1, -0.05) is 31.2 Å². The van der Waals surface area contributed by atoms with E-state index in [1.807, 2.05) is 20.0 Å². The third-order valence-corrected chi connectivity index (χ3v) is 2.99. The first-order valence-electron chi connectivity index (χ1n) is 5.97. The summed E-state index contributed by atoms with van der Waals surface area (Å²) in [7, 11) is 1.90. The maximum absolute atomic E-state index is 5.79. The van der Waals surface area contributed by atoms with Crippen LogP contribution < -0.4 is 5.32 Å². The molecule has 1 atom stereocenters. The lowest BCUT2D eigenvalue weighted by atomic mass is 10.0. The van der Waals surface area contributed by atoms with E-state index in [1.54, 1.807) is 6.20 Å². The number of hydrogen-bond donors (Lipinski definition) is 1. The van der Waals surface area contributed by atoms with Gasteiger partial charge in [-0.3, -0.25) is 0 Å². The largest absolute Gasteiger partial charge is 0.439 e. The molecule has 3 heteroatoms. The lowest BCUT2D eigenvalue weighted by molar-refractivity contribution is 0.441. The van der Waals surface area contributed by atoms with Gasteiger partial charge in [-0.2, -0.15) is 0 Å². The Morgan fingerprint density at radius 1 is 1.35 bits per heavy atom. The van der Waals surface area contributed by atoms with Crippen molar-refractivity contribution in [2.75, 3.05) is 7.05 Å². The van der Waals surface area contributed by atoms with Gasteiger partial charge in [-0.25, -0.2) is 4.98 Å². The number of rotatable bonds is 4. The molecule has 1 N–H and O–H groups in total. The van der Waals surface area contributed by atoms with Crippen LogP contribution in [0.1, 0.15) is 31.3 Å². The zero-order valence-electron chi connectivity index (χ0n) is 10.5. The molecule has 0 spiro atoms. The quantitative estimate of drug-likeness (QED) is 0.876. The van der Waals surface area contributed by atoms with Gasteiger partial charge in [-0.15, -0.1) is 0 Å². The average Bonchev–Trinajstić information content (AvgIpc) is 2.87. The van der Waals surface area contributed by atoms with E-state index in [4.69, 9.17) is 4.42 Å². The van der Waals surface area contributed by atoms with Gasteiger partial charge in [-0.05, 0) is 26.0 Å². The third-order valence-electron chi connectivity index (χ3n) is 2.99. The Morgan fingerprint density at radius 3 is 2.82 bits per heavy atom. The van der Waals surface area contributed by atoms with Gasteiger partial charge in [0.1, 0.15) is 0 Å². The van der Waals surface area contributed by atoms with E-state index in [0.29, 0.717) is 0 Å². The lowest BCUT2D eigenvalue weighted by Crippen LogP contribution is -2.12. The first kappa shape index (κ1) is 11.9. The molecule has 1 aromatic carbocycles. The summed E-state index contributed by atoms with van der Waals surface area (Å²) in [4.78, 5) is 4.31. The molecule has 2 rings (SSSR count). The van der Waals surface area contributed by atoms with Crippen molar-refractivity contribution < 1.29 is 4.42 Å². The summed E-state index contributed by atoms with van der Waals surface area (Å²) in [6, 6.07) is 8.41. The molecule has 0 amide bonds. The number of aromatic nitrogens is 1. The van der Waals surface area contributed by atoms with Crippen molar-refractivity contribution in [3.63, 3.8) is 0 Å². The molecular formula is C14H18N2O. The second kappa shape index (κ2) is 5.15. The van der Waals surface area contributed by atoms with Crippen molar-refractivity contribution in [2.24, 2.45) is 0 Å². The molecule has 1 aromatic heterocycles. The SMILES string of the molecule is CCc1ccccc1-c1cnc(C(C)NC)o1. The smallest absolute Gasteiger partial charge is 0.211 e. The number of hydrogen-bond acceptors (Lipinski definition) is 3. The fraction of sp³-hybridized carbons (Fsp3) is 0.357. The van der Waals surface area contributed by atoms with E-state index < -0.39 is 0 Å². The molecule has 90 valence electrons. The number of nitrogens with one attached hydrogen (secondary N) is 1. The van der Waals surface area contributed by atoms with Gasteiger partial charge in [0.25, 0.3) is 0 Å². The van der Waals surface area contributed by atoms with Crippen LogP contribution in [0.5, 0.6) is 0 Å². The highest BCUT2D eigenvalue weighted by Crippen LogP contribution is 2.26. The monoisotopic (exact) mass is 230 g/mol. The first-order chi connectivity index (χ1) is 8.26. The highest BCUT2D eigenvalue weighted by atomic mass is 16.4. The molecule has 2 aromatic rings. The molecule has 0 fully saturated rings. The summed E-state index contributed by atoms with van der Waals surface area (Å²) in [5, 5.41) is 3.12. The molecule has 17 heavy (non-hydrogen) atoms. The van der Waals surface area contributed by atoms with E-state index in [2.05, 4.69) is 35.4 Å². The molecular weight excluding hydrogens is 212 g/mol. The van der Waals surface area contributed by atoms with Gasteiger partial charge in [0, 0.05) is 5.56 Å². The fourth-order valence-electron chi connectivity index (χ4n) is 1.80. The van der Waals surface area contributed by atoms with E-state index in [0.717, 1.165) is 23.6 Å². The maximum Gasteiger partial charge on any atom is 0.211 e. The topological polar surface area (TPSA) is 38.1 Å². The molecule has 0 aliphatic rings. The molecule has 0 radical (unpaired) electrons. The van der Waals surface area contributed by atoms with E-state index >= 15 is 0 Å². The summed E-state index contributed by atoms with van der Waals surface area (Å²) in [6.07, 6.45) is 2.80. The van der Waals surface area contributed by atoms with Crippen LogP contribution >= 0.6 is 0 Å². The minimum absolute atomic E-state index is 0.137. The van der Waals surface area contributed by atoms with E-state index in [9.17, 15) is 0 Å². The van der Waals surface area contributed by atoms with Crippen LogP contribution in [0, 0.1) is 0 Å². The summed E-state index contributed by atoms with van der Waals surface area (Å²) < 4.78 is 5.79. The summed E-state index contributed by atoms with van der Waals surface area (Å²) in [6.45, 7) is 4.17. The van der Waals surface area contributed by atoms with Crippen LogP contribution in [-0.4, -0.2) is 12.0 Å². The second-order valence-electron chi connectivity index (χ2n) is 4.08. The number of aryl methyl sites for hydroxylation is 1. The number of oxazole rings is 1. The lowest BCUT2D eigenvalue weighted by Gasteiger charge is -2.05. The van der Waals surface area contributed by atoms with Crippen LogP contribution in [0.4, 0.5) is 0 Å². The third kappa shape index (κ3) is 2.39. The molecule has 1 unspecified atom stereocenters. The van der Waals surface area contributed by atoms with E-state index in [-0.39, 0.29) is 6.04 Å². The minimum Gasteiger partial charge on any atom is -0.439 e. The van der Waals surface area contributed by atoms with Crippen molar-refractivity contribution in [3.05, 3.63) is 41.9 Å². The Hall–Kier alpha value is -1.61. The fourth-order valence-corrected chi connectivity index (χ4v) is 1.80. The summed E-state index contributed by atoms with van der Waals surface area (Å²) >= 11 is 0.